The number of amides is 1. The lowest BCUT2D eigenvalue weighted by molar-refractivity contribution is -0.119. The van der Waals surface area contributed by atoms with Gasteiger partial charge in [-0.3, -0.25) is 4.79 Å². The van der Waals surface area contributed by atoms with Crippen molar-refractivity contribution in [2.24, 2.45) is 5.92 Å². The number of nitrogens with zero attached hydrogens (tertiary/aromatic N) is 4. The van der Waals surface area contributed by atoms with Gasteiger partial charge in [0.1, 0.15) is 5.92 Å². The van der Waals surface area contributed by atoms with Gasteiger partial charge >= 0.3 is 0 Å². The summed E-state index contributed by atoms with van der Waals surface area (Å²) in [7, 11) is 1.57. The zero-order valence-electron chi connectivity index (χ0n) is 16.7. The minimum absolute atomic E-state index is 0.224. The minimum Gasteiger partial charge on any atom is -0.493 e. The molecule has 0 saturated carbocycles. The summed E-state index contributed by atoms with van der Waals surface area (Å²) in [5.41, 5.74) is 1.99. The Morgan fingerprint density at radius 3 is 2.77 bits per heavy atom. The van der Waals surface area contributed by atoms with Crippen LogP contribution in [0.25, 0.3) is 0 Å². The van der Waals surface area contributed by atoms with Crippen LogP contribution in [0, 0.1) is 5.92 Å². The fourth-order valence-electron chi connectivity index (χ4n) is 3.54. The lowest BCUT2D eigenvalue weighted by Gasteiger charge is -2.33. The first-order valence-corrected chi connectivity index (χ1v) is 9.52. The number of para-hydroxylation sites is 1. The molecule has 9 heteroatoms. The molecule has 2 unspecified atom stereocenters. The molecular formula is C21H22N6O3. The van der Waals surface area contributed by atoms with Crippen LogP contribution in [0.4, 0.5) is 11.6 Å². The molecule has 0 bridgehead atoms. The van der Waals surface area contributed by atoms with Gasteiger partial charge in [-0.1, -0.05) is 35.9 Å². The summed E-state index contributed by atoms with van der Waals surface area (Å²) in [6, 6.07) is 14.3. The molecule has 2 aromatic carbocycles. The quantitative estimate of drug-likeness (QED) is 0.649. The molecule has 3 aromatic rings. The van der Waals surface area contributed by atoms with Crippen molar-refractivity contribution >= 4 is 17.5 Å². The number of ether oxygens (including phenoxy) is 2. The number of benzene rings is 2. The van der Waals surface area contributed by atoms with Crippen molar-refractivity contribution in [3.63, 3.8) is 0 Å². The fourth-order valence-corrected chi connectivity index (χ4v) is 3.54. The highest BCUT2D eigenvalue weighted by molar-refractivity contribution is 5.95. The average Bonchev–Trinajstić information content (AvgIpc) is 3.22. The van der Waals surface area contributed by atoms with Gasteiger partial charge in [0.05, 0.1) is 19.8 Å². The number of rotatable bonds is 6. The van der Waals surface area contributed by atoms with E-state index in [0.717, 1.165) is 5.56 Å². The van der Waals surface area contributed by atoms with E-state index in [1.54, 1.807) is 11.8 Å². The van der Waals surface area contributed by atoms with Gasteiger partial charge in [0.15, 0.2) is 11.5 Å². The highest BCUT2D eigenvalue weighted by atomic mass is 16.5. The largest absolute Gasteiger partial charge is 0.493 e. The molecule has 9 nitrogen and oxygen atoms in total. The number of hydrogen-bond donors (Lipinski definition) is 2. The molecule has 0 aliphatic carbocycles. The van der Waals surface area contributed by atoms with Gasteiger partial charge < -0.3 is 20.1 Å². The Morgan fingerprint density at radius 2 is 2.03 bits per heavy atom. The second-order valence-electron chi connectivity index (χ2n) is 6.72. The van der Waals surface area contributed by atoms with Crippen LogP contribution in [-0.2, 0) is 4.79 Å². The van der Waals surface area contributed by atoms with Gasteiger partial charge in [-0.15, -0.1) is 0 Å². The first-order chi connectivity index (χ1) is 14.6. The van der Waals surface area contributed by atoms with Crippen LogP contribution in [0.1, 0.15) is 18.5 Å². The van der Waals surface area contributed by atoms with Gasteiger partial charge in [-0.05, 0) is 47.2 Å². The Labute approximate surface area is 173 Å². The maximum Gasteiger partial charge on any atom is 0.247 e. The van der Waals surface area contributed by atoms with Crippen molar-refractivity contribution in [3.8, 4) is 11.5 Å². The Balaban J connectivity index is 1.75. The van der Waals surface area contributed by atoms with E-state index in [2.05, 4.69) is 32.7 Å². The van der Waals surface area contributed by atoms with Crippen LogP contribution in [0.3, 0.4) is 0 Å². The maximum absolute atomic E-state index is 13.3. The second-order valence-corrected chi connectivity index (χ2v) is 6.72. The third-order valence-electron chi connectivity index (χ3n) is 4.87. The van der Waals surface area contributed by atoms with Gasteiger partial charge in [0.25, 0.3) is 0 Å². The highest BCUT2D eigenvalue weighted by Crippen LogP contribution is 2.40. The van der Waals surface area contributed by atoms with Crippen molar-refractivity contribution in [1.29, 1.82) is 0 Å². The first kappa shape index (κ1) is 19.4. The van der Waals surface area contributed by atoms with Crippen LogP contribution < -0.4 is 20.1 Å². The Hall–Kier alpha value is -3.88. The van der Waals surface area contributed by atoms with Crippen molar-refractivity contribution in [3.05, 3.63) is 66.4 Å². The van der Waals surface area contributed by atoms with Crippen LogP contribution in [0.15, 0.2) is 60.8 Å². The molecule has 154 valence electrons. The topological polar surface area (TPSA) is 103 Å². The Bertz CT molecular complexity index is 1070. The number of aromatic nitrogens is 4. The summed E-state index contributed by atoms with van der Waals surface area (Å²) in [6.45, 7) is 6.48. The Kier molecular flexibility index (Phi) is 5.34. The van der Waals surface area contributed by atoms with Gasteiger partial charge in [-0.25, -0.2) is 4.68 Å². The van der Waals surface area contributed by atoms with Crippen molar-refractivity contribution < 1.29 is 14.3 Å². The van der Waals surface area contributed by atoms with E-state index in [1.807, 2.05) is 55.5 Å². The molecule has 30 heavy (non-hydrogen) atoms. The zero-order valence-corrected chi connectivity index (χ0v) is 16.7. The van der Waals surface area contributed by atoms with Crippen LogP contribution in [0.2, 0.25) is 0 Å². The molecule has 0 spiro atoms. The monoisotopic (exact) mass is 406 g/mol. The molecule has 1 aliphatic rings. The summed E-state index contributed by atoms with van der Waals surface area (Å²) in [5.74, 6) is 0.720. The van der Waals surface area contributed by atoms with Gasteiger partial charge in [0.2, 0.25) is 11.9 Å². The molecule has 0 radical (unpaired) electrons. The van der Waals surface area contributed by atoms with Crippen LogP contribution >= 0.6 is 0 Å². The van der Waals surface area contributed by atoms with Crippen LogP contribution in [0.5, 0.6) is 11.5 Å². The molecule has 1 aliphatic heterocycles. The van der Waals surface area contributed by atoms with E-state index < -0.39 is 12.0 Å². The average molecular weight is 406 g/mol. The highest BCUT2D eigenvalue weighted by Gasteiger charge is 2.40. The normalized spacial score (nSPS) is 17.6. The fraction of sp³-hybridized carbons (Fsp3) is 0.238. The standard InChI is InChI=1S/C21H22N6O3/c1-4-30-16-11-10-14(12-17(16)29-3)19-18(13(2)22-21-24-25-26-27(19)21)20(28)23-15-8-6-5-7-9-15/h5-12,18-19H,2,4H2,1,3H3,(H,23,28)(H,22,24,26). The molecule has 0 saturated heterocycles. The van der Waals surface area contributed by atoms with E-state index >= 15 is 0 Å². The number of fused-ring (bicyclic) bond motifs is 1. The van der Waals surface area contributed by atoms with Crippen LogP contribution in [-0.4, -0.2) is 39.8 Å². The number of carbonyl (C=O) groups is 1. The first-order valence-electron chi connectivity index (χ1n) is 9.52. The summed E-state index contributed by atoms with van der Waals surface area (Å²) >= 11 is 0. The molecule has 1 amide bonds. The van der Waals surface area contributed by atoms with Gasteiger partial charge in [-0.2, -0.15) is 0 Å². The summed E-state index contributed by atoms with van der Waals surface area (Å²) in [6.07, 6.45) is 0. The van der Waals surface area contributed by atoms with Crippen molar-refractivity contribution in [2.45, 2.75) is 13.0 Å². The molecule has 2 heterocycles. The van der Waals surface area contributed by atoms with Crippen molar-refractivity contribution in [1.82, 2.24) is 20.2 Å². The SMILES string of the molecule is C=C1Nc2nnnn2C(c2ccc(OCC)c(OC)c2)C1C(=O)Nc1ccccc1. The van der Waals surface area contributed by atoms with E-state index in [9.17, 15) is 4.79 Å². The number of methoxy groups -OCH3 is 1. The van der Waals surface area contributed by atoms with E-state index in [0.29, 0.717) is 35.4 Å². The zero-order chi connectivity index (χ0) is 21.1. The van der Waals surface area contributed by atoms with E-state index in [1.165, 1.54) is 0 Å². The predicted molar refractivity (Wildman–Crippen MR) is 111 cm³/mol. The molecule has 0 fully saturated rings. The maximum atomic E-state index is 13.3. The third-order valence-corrected chi connectivity index (χ3v) is 4.87. The van der Waals surface area contributed by atoms with E-state index in [4.69, 9.17) is 9.47 Å². The number of tetrazole rings is 1. The number of carbonyl (C=O) groups excluding carboxylic acids is 1. The molecule has 1 aromatic heterocycles. The van der Waals surface area contributed by atoms with E-state index in [-0.39, 0.29) is 5.91 Å². The lowest BCUT2D eigenvalue weighted by atomic mass is 9.88. The molecular weight excluding hydrogens is 384 g/mol. The molecule has 4 rings (SSSR count). The van der Waals surface area contributed by atoms with Gasteiger partial charge in [0, 0.05) is 11.4 Å². The predicted octanol–water partition coefficient (Wildman–Crippen LogP) is 2.86. The summed E-state index contributed by atoms with van der Waals surface area (Å²) in [5, 5.41) is 17.8. The molecule has 2 atom stereocenters. The number of nitrogens with one attached hydrogen (secondary N) is 2. The summed E-state index contributed by atoms with van der Waals surface area (Å²) in [4.78, 5) is 13.3. The minimum atomic E-state index is -0.663. The smallest absolute Gasteiger partial charge is 0.247 e. The third kappa shape index (κ3) is 3.57. The second kappa shape index (κ2) is 8.24. The number of hydrogen-bond acceptors (Lipinski definition) is 7. The lowest BCUT2D eigenvalue weighted by Crippen LogP contribution is -2.39. The Morgan fingerprint density at radius 1 is 1.23 bits per heavy atom. The number of anilines is 2. The summed E-state index contributed by atoms with van der Waals surface area (Å²) < 4.78 is 12.7. The van der Waals surface area contributed by atoms with Crippen molar-refractivity contribution in [2.75, 3.05) is 24.4 Å². The molecule has 2 N–H and O–H groups in total.